The molecule has 0 aliphatic heterocycles. The number of carbonyl (C=O) groups is 1. The van der Waals surface area contributed by atoms with Crippen molar-refractivity contribution >= 4 is 38.8 Å². The fourth-order valence-corrected chi connectivity index (χ4v) is 5.26. The number of aryl methyl sites for hydroxylation is 1. The summed E-state index contributed by atoms with van der Waals surface area (Å²) < 4.78 is 0. The first-order valence-electron chi connectivity index (χ1n) is 13.6. The molecule has 0 saturated carbocycles. The third kappa shape index (κ3) is 5.52. The molecule has 1 N–H and O–H groups in total. The second kappa shape index (κ2) is 11.9. The molecule has 0 bridgehead atoms. The number of hydrogen-bond donors (Lipinski definition) is 1. The van der Waals surface area contributed by atoms with Gasteiger partial charge in [-0.1, -0.05) is 105 Å². The molecule has 4 aromatic carbocycles. The number of benzene rings is 4. The molecular weight excluding hydrogens is 464 g/mol. The molecule has 0 fully saturated rings. The molecule has 3 heteroatoms. The number of para-hydroxylation sites is 1. The van der Waals surface area contributed by atoms with Gasteiger partial charge in [0.15, 0.2) is 0 Å². The summed E-state index contributed by atoms with van der Waals surface area (Å²) in [6, 6.07) is 31.1. The molecule has 3 nitrogen and oxygen atoms in total. The van der Waals surface area contributed by atoms with Crippen molar-refractivity contribution in [2.45, 2.75) is 46.0 Å². The number of allylic oxidation sites excluding steroid dienone is 2. The molecule has 0 aliphatic rings. The van der Waals surface area contributed by atoms with Gasteiger partial charge in [0.25, 0.3) is 5.91 Å². The van der Waals surface area contributed by atoms with Crippen molar-refractivity contribution in [3.8, 4) is 0 Å². The van der Waals surface area contributed by atoms with Gasteiger partial charge >= 0.3 is 0 Å². The lowest BCUT2D eigenvalue weighted by molar-refractivity contribution is 0.102. The van der Waals surface area contributed by atoms with Crippen LogP contribution in [-0.4, -0.2) is 10.9 Å². The molecule has 190 valence electrons. The fourth-order valence-electron chi connectivity index (χ4n) is 5.26. The molecule has 5 rings (SSSR count). The molecule has 0 radical (unpaired) electrons. The van der Waals surface area contributed by atoms with Gasteiger partial charge in [-0.25, -0.2) is 0 Å². The summed E-state index contributed by atoms with van der Waals surface area (Å²) in [6.07, 6.45) is 9.37. The van der Waals surface area contributed by atoms with Crippen molar-refractivity contribution < 1.29 is 4.79 Å². The molecule has 0 atom stereocenters. The highest BCUT2D eigenvalue weighted by molar-refractivity contribution is 6.09. The normalized spacial score (nSPS) is 11.7. The van der Waals surface area contributed by atoms with Gasteiger partial charge < -0.3 is 5.32 Å². The van der Waals surface area contributed by atoms with Gasteiger partial charge in [0, 0.05) is 17.1 Å². The van der Waals surface area contributed by atoms with Crippen LogP contribution in [0.4, 0.5) is 5.69 Å². The maximum absolute atomic E-state index is 13.6. The van der Waals surface area contributed by atoms with Gasteiger partial charge in [0.05, 0.1) is 11.2 Å². The zero-order valence-corrected chi connectivity index (χ0v) is 22.2. The van der Waals surface area contributed by atoms with Crippen LogP contribution in [0.15, 0.2) is 103 Å². The molecule has 1 aromatic heterocycles. The number of anilines is 1. The number of nitrogens with zero attached hydrogens (tertiary/aromatic N) is 1. The van der Waals surface area contributed by atoms with Crippen LogP contribution in [0, 0.1) is 6.92 Å². The number of amides is 1. The minimum absolute atomic E-state index is 0.0950. The highest BCUT2D eigenvalue weighted by Crippen LogP contribution is 2.30. The van der Waals surface area contributed by atoms with Gasteiger partial charge in [-0.15, -0.1) is 0 Å². The molecule has 38 heavy (non-hydrogen) atoms. The van der Waals surface area contributed by atoms with E-state index in [1.165, 1.54) is 34.8 Å². The summed E-state index contributed by atoms with van der Waals surface area (Å²) in [5.74, 6) is -0.0950. The molecular formula is C35H34N2O. The summed E-state index contributed by atoms with van der Waals surface area (Å²) in [5, 5.41) is 6.69. The van der Waals surface area contributed by atoms with Gasteiger partial charge in [-0.2, -0.15) is 0 Å². The second-order valence-corrected chi connectivity index (χ2v) is 9.86. The van der Waals surface area contributed by atoms with Crippen molar-refractivity contribution in [3.05, 3.63) is 126 Å². The lowest BCUT2D eigenvalue weighted by Gasteiger charge is -2.15. The van der Waals surface area contributed by atoms with E-state index in [1.54, 1.807) is 6.20 Å². The van der Waals surface area contributed by atoms with Crippen molar-refractivity contribution in [3.63, 3.8) is 0 Å². The Morgan fingerprint density at radius 2 is 1.61 bits per heavy atom. The van der Waals surface area contributed by atoms with E-state index in [4.69, 9.17) is 0 Å². The van der Waals surface area contributed by atoms with E-state index in [0.29, 0.717) is 6.42 Å². The highest BCUT2D eigenvalue weighted by Gasteiger charge is 2.16. The first-order chi connectivity index (χ1) is 18.7. The van der Waals surface area contributed by atoms with E-state index in [9.17, 15) is 4.79 Å². The molecule has 0 unspecified atom stereocenters. The van der Waals surface area contributed by atoms with E-state index < -0.39 is 0 Å². The first-order valence-corrected chi connectivity index (χ1v) is 13.6. The Morgan fingerprint density at radius 3 is 2.50 bits per heavy atom. The van der Waals surface area contributed by atoms with Gasteiger partial charge in [0.2, 0.25) is 0 Å². The van der Waals surface area contributed by atoms with Crippen LogP contribution >= 0.6 is 0 Å². The van der Waals surface area contributed by atoms with E-state index in [2.05, 4.69) is 71.8 Å². The number of pyridine rings is 1. The summed E-state index contributed by atoms with van der Waals surface area (Å²) in [6.45, 7) is 4.25. The number of unbranched alkanes of at least 4 members (excludes halogenated alkanes) is 2. The predicted molar refractivity (Wildman–Crippen MR) is 161 cm³/mol. The fraction of sp³-hybridized carbons (Fsp3) is 0.200. The SMILES string of the molecule is CCCCCC(=CCc1cccc(C)c1C(=O)Nc1cccc2cccnc12)c1cccc2ccccc12. The van der Waals surface area contributed by atoms with Crippen molar-refractivity contribution in [2.24, 2.45) is 0 Å². The maximum atomic E-state index is 13.6. The zero-order chi connectivity index (χ0) is 26.3. The largest absolute Gasteiger partial charge is 0.320 e. The highest BCUT2D eigenvalue weighted by atomic mass is 16.1. The molecule has 0 saturated heterocycles. The summed E-state index contributed by atoms with van der Waals surface area (Å²) in [4.78, 5) is 18.1. The van der Waals surface area contributed by atoms with E-state index in [-0.39, 0.29) is 5.91 Å². The maximum Gasteiger partial charge on any atom is 0.256 e. The standard InChI is InChI=1S/C35H34N2O/c1-3-4-5-13-27(31-20-9-15-26-14-6-7-19-30(26)31)22-23-28-16-8-12-25(2)33(28)35(38)37-32-21-10-17-29-18-11-24-36-34(29)32/h6-12,14-22,24H,3-5,13,23H2,1-2H3,(H,37,38). The Labute approximate surface area is 225 Å². The number of fused-ring (bicyclic) bond motifs is 2. The van der Waals surface area contributed by atoms with Crippen molar-refractivity contribution in [1.29, 1.82) is 0 Å². The lowest BCUT2D eigenvalue weighted by atomic mass is 9.92. The number of aromatic nitrogens is 1. The third-order valence-corrected chi connectivity index (χ3v) is 7.22. The monoisotopic (exact) mass is 498 g/mol. The Balaban J connectivity index is 1.49. The van der Waals surface area contributed by atoms with E-state index in [1.807, 2.05) is 49.4 Å². The summed E-state index contributed by atoms with van der Waals surface area (Å²) in [5.41, 5.74) is 6.91. The topological polar surface area (TPSA) is 42.0 Å². The summed E-state index contributed by atoms with van der Waals surface area (Å²) >= 11 is 0. The van der Waals surface area contributed by atoms with Crippen molar-refractivity contribution in [1.82, 2.24) is 4.98 Å². The molecule has 0 aliphatic carbocycles. The number of nitrogens with one attached hydrogen (secondary N) is 1. The minimum Gasteiger partial charge on any atom is -0.320 e. The molecule has 1 heterocycles. The molecule has 5 aromatic rings. The van der Waals surface area contributed by atoms with Crippen LogP contribution in [0.5, 0.6) is 0 Å². The second-order valence-electron chi connectivity index (χ2n) is 9.86. The van der Waals surface area contributed by atoms with Crippen LogP contribution in [0.25, 0.3) is 27.2 Å². The predicted octanol–water partition coefficient (Wildman–Crippen LogP) is 9.16. The average molecular weight is 499 g/mol. The number of rotatable bonds is 9. The summed E-state index contributed by atoms with van der Waals surface area (Å²) in [7, 11) is 0. The van der Waals surface area contributed by atoms with Crippen molar-refractivity contribution in [2.75, 3.05) is 5.32 Å². The van der Waals surface area contributed by atoms with Gasteiger partial charge in [0.1, 0.15) is 0 Å². The zero-order valence-electron chi connectivity index (χ0n) is 22.2. The van der Waals surface area contributed by atoms with Gasteiger partial charge in [-0.3, -0.25) is 9.78 Å². The average Bonchev–Trinajstić information content (AvgIpc) is 2.95. The van der Waals surface area contributed by atoms with Crippen LogP contribution < -0.4 is 5.32 Å². The first kappa shape index (κ1) is 25.4. The van der Waals surface area contributed by atoms with Crippen LogP contribution in [-0.2, 0) is 6.42 Å². The Morgan fingerprint density at radius 1 is 0.842 bits per heavy atom. The number of hydrogen-bond acceptors (Lipinski definition) is 2. The molecule has 0 spiro atoms. The quantitative estimate of drug-likeness (QED) is 0.206. The third-order valence-electron chi connectivity index (χ3n) is 7.22. The Hall–Kier alpha value is -4.24. The Bertz CT molecular complexity index is 1610. The van der Waals surface area contributed by atoms with E-state index >= 15 is 0 Å². The lowest BCUT2D eigenvalue weighted by Crippen LogP contribution is -2.16. The van der Waals surface area contributed by atoms with Crippen LogP contribution in [0.1, 0.15) is 59.7 Å². The van der Waals surface area contributed by atoms with E-state index in [0.717, 1.165) is 46.1 Å². The minimum atomic E-state index is -0.0950. The molecule has 1 amide bonds. The van der Waals surface area contributed by atoms with Crippen LogP contribution in [0.2, 0.25) is 0 Å². The smallest absolute Gasteiger partial charge is 0.256 e. The van der Waals surface area contributed by atoms with Crippen LogP contribution in [0.3, 0.4) is 0 Å². The Kier molecular flexibility index (Phi) is 7.94. The van der Waals surface area contributed by atoms with Gasteiger partial charge in [-0.05, 0) is 71.4 Å². The number of carbonyl (C=O) groups excluding carboxylic acids is 1.